The zero-order valence-electron chi connectivity index (χ0n) is 10.1. The number of aromatic nitrogens is 2. The van der Waals surface area contributed by atoms with Crippen molar-refractivity contribution >= 4 is 22.6 Å². The van der Waals surface area contributed by atoms with E-state index >= 15 is 0 Å². The van der Waals surface area contributed by atoms with E-state index in [2.05, 4.69) is 38.1 Å². The Labute approximate surface area is 118 Å². The molecule has 1 atom stereocenters. The molecule has 0 bridgehead atoms. The van der Waals surface area contributed by atoms with Gasteiger partial charge in [0.15, 0.2) is 0 Å². The summed E-state index contributed by atoms with van der Waals surface area (Å²) in [5, 5.41) is 11.1. The average Bonchev–Trinajstić information content (AvgIpc) is 2.80. The minimum atomic E-state index is -0.274. The molecule has 6 heteroatoms. The van der Waals surface area contributed by atoms with Crippen molar-refractivity contribution in [1.82, 2.24) is 15.5 Å². The summed E-state index contributed by atoms with van der Waals surface area (Å²) in [4.78, 5) is 0. The molecule has 2 aromatic rings. The summed E-state index contributed by atoms with van der Waals surface area (Å²) in [7, 11) is 1.85. The lowest BCUT2D eigenvalue weighted by Gasteiger charge is -2.07. The highest BCUT2D eigenvalue weighted by atomic mass is 127. The first-order chi connectivity index (χ1) is 8.65. The SMILES string of the molecule is CCC(NC)c1nnc(-c2ccc(F)cc2I)o1. The number of hydrogen-bond acceptors (Lipinski definition) is 4. The molecule has 4 nitrogen and oxygen atoms in total. The maximum absolute atomic E-state index is 13.0. The Morgan fingerprint density at radius 1 is 1.44 bits per heavy atom. The topological polar surface area (TPSA) is 51.0 Å². The first-order valence-corrected chi connectivity index (χ1v) is 6.69. The van der Waals surface area contributed by atoms with Crippen LogP contribution in [0.2, 0.25) is 0 Å². The van der Waals surface area contributed by atoms with E-state index in [1.54, 1.807) is 6.07 Å². The van der Waals surface area contributed by atoms with Crippen LogP contribution in [-0.4, -0.2) is 17.2 Å². The third-order valence-electron chi connectivity index (χ3n) is 2.66. The third-order valence-corrected chi connectivity index (χ3v) is 3.55. The average molecular weight is 361 g/mol. The lowest BCUT2D eigenvalue weighted by molar-refractivity contribution is 0.415. The number of hydrogen-bond donors (Lipinski definition) is 1. The highest BCUT2D eigenvalue weighted by molar-refractivity contribution is 14.1. The van der Waals surface area contributed by atoms with E-state index in [4.69, 9.17) is 4.42 Å². The van der Waals surface area contributed by atoms with Crippen LogP contribution in [-0.2, 0) is 0 Å². The van der Waals surface area contributed by atoms with Crippen LogP contribution in [0.25, 0.3) is 11.5 Å². The second-order valence-corrected chi connectivity index (χ2v) is 4.98. The second kappa shape index (κ2) is 5.75. The van der Waals surface area contributed by atoms with Crippen LogP contribution in [0.4, 0.5) is 4.39 Å². The number of benzene rings is 1. The van der Waals surface area contributed by atoms with Gasteiger partial charge in [-0.3, -0.25) is 0 Å². The lowest BCUT2D eigenvalue weighted by atomic mass is 10.2. The molecule has 1 heterocycles. The Morgan fingerprint density at radius 3 is 2.83 bits per heavy atom. The van der Waals surface area contributed by atoms with Crippen molar-refractivity contribution in [2.75, 3.05) is 7.05 Å². The fourth-order valence-electron chi connectivity index (χ4n) is 1.65. The molecular weight excluding hydrogens is 348 g/mol. The van der Waals surface area contributed by atoms with Crippen LogP contribution in [0, 0.1) is 9.39 Å². The molecule has 0 aliphatic rings. The van der Waals surface area contributed by atoms with Crippen molar-refractivity contribution < 1.29 is 8.81 Å². The number of halogens is 2. The summed E-state index contributed by atoms with van der Waals surface area (Å²) >= 11 is 2.05. The van der Waals surface area contributed by atoms with Crippen LogP contribution < -0.4 is 5.32 Å². The number of nitrogens with zero attached hydrogens (tertiary/aromatic N) is 2. The summed E-state index contributed by atoms with van der Waals surface area (Å²) in [6, 6.07) is 4.52. The maximum atomic E-state index is 13.0. The summed E-state index contributed by atoms with van der Waals surface area (Å²) in [5.41, 5.74) is 0.752. The van der Waals surface area contributed by atoms with E-state index in [1.165, 1.54) is 12.1 Å². The van der Waals surface area contributed by atoms with Gasteiger partial charge in [0.2, 0.25) is 11.8 Å². The van der Waals surface area contributed by atoms with Gasteiger partial charge in [0.25, 0.3) is 0 Å². The summed E-state index contributed by atoms with van der Waals surface area (Å²) < 4.78 is 19.4. The smallest absolute Gasteiger partial charge is 0.248 e. The zero-order chi connectivity index (χ0) is 13.1. The molecule has 96 valence electrons. The predicted octanol–water partition coefficient (Wildman–Crippen LogP) is 3.15. The molecule has 2 rings (SSSR count). The standard InChI is InChI=1S/C12H13FIN3O/c1-3-10(15-2)12-17-16-11(18-12)8-5-4-7(13)6-9(8)14/h4-6,10,15H,3H2,1-2H3. The van der Waals surface area contributed by atoms with E-state index in [0.717, 1.165) is 15.6 Å². The second-order valence-electron chi connectivity index (χ2n) is 3.82. The quantitative estimate of drug-likeness (QED) is 0.851. The van der Waals surface area contributed by atoms with Gasteiger partial charge in [0.1, 0.15) is 5.82 Å². The Kier molecular flexibility index (Phi) is 4.28. The molecule has 1 unspecified atom stereocenters. The summed E-state index contributed by atoms with van der Waals surface area (Å²) in [5.74, 6) is 0.697. The molecule has 1 aromatic heterocycles. The van der Waals surface area contributed by atoms with Gasteiger partial charge in [-0.15, -0.1) is 10.2 Å². The zero-order valence-corrected chi connectivity index (χ0v) is 12.2. The van der Waals surface area contributed by atoms with E-state index in [1.807, 2.05) is 14.0 Å². The predicted molar refractivity (Wildman–Crippen MR) is 74.5 cm³/mol. The van der Waals surface area contributed by atoms with Crippen LogP contribution in [0.3, 0.4) is 0 Å². The Balaban J connectivity index is 2.34. The van der Waals surface area contributed by atoms with Crippen molar-refractivity contribution in [3.8, 4) is 11.5 Å². The minimum Gasteiger partial charge on any atom is -0.419 e. The molecule has 0 amide bonds. The maximum Gasteiger partial charge on any atom is 0.248 e. The van der Waals surface area contributed by atoms with Gasteiger partial charge < -0.3 is 9.73 Å². The van der Waals surface area contributed by atoms with Crippen LogP contribution >= 0.6 is 22.6 Å². The molecule has 1 aromatic carbocycles. The molecule has 0 aliphatic heterocycles. The van der Waals surface area contributed by atoms with Gasteiger partial charge in [0, 0.05) is 3.57 Å². The van der Waals surface area contributed by atoms with E-state index in [0.29, 0.717) is 11.8 Å². The molecule has 0 aliphatic carbocycles. The van der Waals surface area contributed by atoms with E-state index in [-0.39, 0.29) is 11.9 Å². The minimum absolute atomic E-state index is 0.0457. The Bertz CT molecular complexity index is 540. The van der Waals surface area contributed by atoms with Crippen LogP contribution in [0.5, 0.6) is 0 Å². The largest absolute Gasteiger partial charge is 0.419 e. The molecular formula is C12H13FIN3O. The number of rotatable bonds is 4. The van der Waals surface area contributed by atoms with E-state index in [9.17, 15) is 4.39 Å². The molecule has 18 heavy (non-hydrogen) atoms. The third kappa shape index (κ3) is 2.69. The molecule has 0 radical (unpaired) electrons. The van der Waals surface area contributed by atoms with Crippen molar-refractivity contribution in [1.29, 1.82) is 0 Å². The molecule has 0 saturated carbocycles. The first-order valence-electron chi connectivity index (χ1n) is 5.61. The van der Waals surface area contributed by atoms with Gasteiger partial charge in [0.05, 0.1) is 11.6 Å². The van der Waals surface area contributed by atoms with Crippen molar-refractivity contribution in [3.05, 3.63) is 33.5 Å². The lowest BCUT2D eigenvalue weighted by Crippen LogP contribution is -2.15. The van der Waals surface area contributed by atoms with Crippen molar-refractivity contribution in [3.63, 3.8) is 0 Å². The Hall–Kier alpha value is -1.02. The van der Waals surface area contributed by atoms with Gasteiger partial charge in [-0.2, -0.15) is 0 Å². The fraction of sp³-hybridized carbons (Fsp3) is 0.333. The number of nitrogens with one attached hydrogen (secondary N) is 1. The first kappa shape index (κ1) is 13.4. The monoisotopic (exact) mass is 361 g/mol. The molecule has 0 fully saturated rings. The molecule has 0 saturated heterocycles. The summed E-state index contributed by atoms with van der Waals surface area (Å²) in [6.45, 7) is 2.03. The van der Waals surface area contributed by atoms with Gasteiger partial charge in [-0.05, 0) is 54.3 Å². The van der Waals surface area contributed by atoms with Crippen molar-refractivity contribution in [2.45, 2.75) is 19.4 Å². The molecule has 0 spiro atoms. The molecule has 1 N–H and O–H groups in total. The fourth-order valence-corrected chi connectivity index (χ4v) is 2.36. The highest BCUT2D eigenvalue weighted by Crippen LogP contribution is 2.26. The van der Waals surface area contributed by atoms with Crippen molar-refractivity contribution in [2.24, 2.45) is 0 Å². The van der Waals surface area contributed by atoms with Gasteiger partial charge in [-0.1, -0.05) is 6.92 Å². The normalized spacial score (nSPS) is 12.7. The van der Waals surface area contributed by atoms with E-state index < -0.39 is 0 Å². The Morgan fingerprint density at radius 2 is 2.22 bits per heavy atom. The van der Waals surface area contributed by atoms with Crippen LogP contribution in [0.1, 0.15) is 25.3 Å². The van der Waals surface area contributed by atoms with Gasteiger partial charge in [-0.25, -0.2) is 4.39 Å². The van der Waals surface area contributed by atoms with Crippen LogP contribution in [0.15, 0.2) is 22.6 Å². The van der Waals surface area contributed by atoms with Gasteiger partial charge >= 0.3 is 0 Å². The summed E-state index contributed by atoms with van der Waals surface area (Å²) in [6.07, 6.45) is 0.860. The highest BCUT2D eigenvalue weighted by Gasteiger charge is 2.17.